The third-order valence-corrected chi connectivity index (χ3v) is 5.88. The second-order valence-electron chi connectivity index (χ2n) is 5.74. The fourth-order valence-corrected chi connectivity index (χ4v) is 4.41. The molecule has 3 aromatic carbocycles. The van der Waals surface area contributed by atoms with Crippen LogP contribution in [0.15, 0.2) is 58.4 Å². The summed E-state index contributed by atoms with van der Waals surface area (Å²) in [5, 5.41) is 21.4. The Morgan fingerprint density at radius 2 is 1.50 bits per heavy atom. The molecule has 0 saturated heterocycles. The van der Waals surface area contributed by atoms with E-state index in [9.17, 15) is 10.2 Å². The van der Waals surface area contributed by atoms with Gasteiger partial charge in [-0.2, -0.15) is 0 Å². The topological polar surface area (TPSA) is 52.8 Å². The molecule has 0 amide bonds. The van der Waals surface area contributed by atoms with E-state index in [0.29, 0.717) is 32.6 Å². The van der Waals surface area contributed by atoms with Crippen LogP contribution in [0.4, 0.5) is 5.69 Å². The summed E-state index contributed by atoms with van der Waals surface area (Å²) in [6.07, 6.45) is 1.50. The molecular formula is C20H13Cl4NO2S. The minimum Gasteiger partial charge on any atom is -0.506 e. The summed E-state index contributed by atoms with van der Waals surface area (Å²) >= 11 is 25.4. The first-order chi connectivity index (χ1) is 13.3. The van der Waals surface area contributed by atoms with E-state index in [1.165, 1.54) is 30.1 Å². The molecule has 0 bridgehead atoms. The van der Waals surface area contributed by atoms with E-state index in [1.54, 1.807) is 12.1 Å². The zero-order chi connectivity index (χ0) is 20.3. The lowest BCUT2D eigenvalue weighted by Gasteiger charge is -2.09. The Bertz CT molecular complexity index is 1060. The number of phenols is 2. The molecule has 3 aromatic rings. The molecule has 0 unspecified atom stereocenters. The fraction of sp³-hybridized carbons (Fsp3) is 0.0500. The molecule has 8 heteroatoms. The maximum absolute atomic E-state index is 10.1. The summed E-state index contributed by atoms with van der Waals surface area (Å²) in [5.41, 5.74) is 1.73. The van der Waals surface area contributed by atoms with Gasteiger partial charge in [0.15, 0.2) is 0 Å². The first-order valence-corrected chi connectivity index (χ1v) is 10.5. The van der Waals surface area contributed by atoms with E-state index in [4.69, 9.17) is 46.4 Å². The van der Waals surface area contributed by atoms with E-state index < -0.39 is 0 Å². The monoisotopic (exact) mass is 471 g/mol. The summed E-state index contributed by atoms with van der Waals surface area (Å²) in [6.45, 7) is 0. The molecule has 0 aliphatic carbocycles. The largest absolute Gasteiger partial charge is 0.506 e. The predicted molar refractivity (Wildman–Crippen MR) is 120 cm³/mol. The van der Waals surface area contributed by atoms with Crippen molar-refractivity contribution in [3.8, 4) is 11.5 Å². The number of hydrogen-bond acceptors (Lipinski definition) is 4. The Balaban J connectivity index is 1.85. The molecule has 28 heavy (non-hydrogen) atoms. The van der Waals surface area contributed by atoms with Crippen LogP contribution in [-0.2, 0) is 5.75 Å². The average Bonchev–Trinajstić information content (AvgIpc) is 2.65. The minimum absolute atomic E-state index is 0.0121. The van der Waals surface area contributed by atoms with E-state index >= 15 is 0 Å². The van der Waals surface area contributed by atoms with Crippen LogP contribution in [0.2, 0.25) is 20.1 Å². The predicted octanol–water partition coefficient (Wildman–Crippen LogP) is 7.75. The molecule has 0 spiro atoms. The van der Waals surface area contributed by atoms with Crippen molar-refractivity contribution >= 4 is 70.1 Å². The summed E-state index contributed by atoms with van der Waals surface area (Å²) < 4.78 is 0. The van der Waals surface area contributed by atoms with Gasteiger partial charge in [0.2, 0.25) is 0 Å². The van der Waals surface area contributed by atoms with Crippen molar-refractivity contribution in [1.82, 2.24) is 0 Å². The van der Waals surface area contributed by atoms with Gasteiger partial charge in [-0.3, -0.25) is 4.99 Å². The van der Waals surface area contributed by atoms with Gasteiger partial charge < -0.3 is 10.2 Å². The SMILES string of the molecule is Oc1c(Cl)cc(Cl)cc1C=Nc1ccccc1SCc1cc(Cl)cc(Cl)c1O. The smallest absolute Gasteiger partial charge is 0.143 e. The van der Waals surface area contributed by atoms with E-state index in [2.05, 4.69) is 4.99 Å². The average molecular weight is 473 g/mol. The number of para-hydroxylation sites is 1. The first-order valence-electron chi connectivity index (χ1n) is 7.96. The molecule has 0 aromatic heterocycles. The number of aromatic hydroxyl groups is 2. The highest BCUT2D eigenvalue weighted by Crippen LogP contribution is 2.38. The quantitative estimate of drug-likeness (QED) is 0.294. The van der Waals surface area contributed by atoms with Crippen molar-refractivity contribution in [2.24, 2.45) is 4.99 Å². The number of halogens is 4. The Kier molecular flexibility index (Phi) is 7.02. The maximum Gasteiger partial charge on any atom is 0.143 e. The maximum atomic E-state index is 10.1. The molecule has 3 nitrogen and oxygen atoms in total. The van der Waals surface area contributed by atoms with Crippen molar-refractivity contribution in [2.75, 3.05) is 0 Å². The number of aliphatic imine (C=N–C) groups is 1. The highest BCUT2D eigenvalue weighted by molar-refractivity contribution is 7.98. The van der Waals surface area contributed by atoms with Crippen LogP contribution >= 0.6 is 58.2 Å². The summed E-state index contributed by atoms with van der Waals surface area (Å²) in [6, 6.07) is 13.7. The molecule has 0 fully saturated rings. The highest BCUT2D eigenvalue weighted by Gasteiger charge is 2.10. The van der Waals surface area contributed by atoms with Gasteiger partial charge in [-0.05, 0) is 36.4 Å². The third kappa shape index (κ3) is 5.07. The van der Waals surface area contributed by atoms with Crippen molar-refractivity contribution in [1.29, 1.82) is 0 Å². The zero-order valence-corrected chi connectivity index (χ0v) is 18.0. The van der Waals surface area contributed by atoms with Crippen LogP contribution in [0.1, 0.15) is 11.1 Å². The number of benzene rings is 3. The molecule has 144 valence electrons. The first kappa shape index (κ1) is 21.2. The van der Waals surface area contributed by atoms with Crippen molar-refractivity contribution in [2.45, 2.75) is 10.6 Å². The molecular weight excluding hydrogens is 460 g/mol. The molecule has 3 rings (SSSR count). The molecule has 2 N–H and O–H groups in total. The van der Waals surface area contributed by atoms with E-state index in [1.807, 2.05) is 24.3 Å². The van der Waals surface area contributed by atoms with Crippen LogP contribution in [0.5, 0.6) is 11.5 Å². The lowest BCUT2D eigenvalue weighted by molar-refractivity contribution is 0.471. The third-order valence-electron chi connectivity index (χ3n) is 3.76. The highest BCUT2D eigenvalue weighted by atomic mass is 35.5. The number of rotatable bonds is 5. The minimum atomic E-state index is -0.0848. The van der Waals surface area contributed by atoms with Gasteiger partial charge >= 0.3 is 0 Å². The summed E-state index contributed by atoms with van der Waals surface area (Å²) in [5.74, 6) is 0.379. The lowest BCUT2D eigenvalue weighted by atomic mass is 10.2. The standard InChI is InChI=1S/C20H13Cl4NO2S/c21-13-5-11(19(26)15(23)7-13)9-25-17-3-1-2-4-18(17)28-10-12-6-14(22)8-16(24)20(12)27/h1-9,26-27H,10H2. The Hall–Kier alpha value is -1.56. The van der Waals surface area contributed by atoms with Gasteiger partial charge in [0.05, 0.1) is 15.7 Å². The molecule has 0 saturated carbocycles. The van der Waals surface area contributed by atoms with E-state index in [0.717, 1.165) is 4.90 Å². The van der Waals surface area contributed by atoms with Gasteiger partial charge in [-0.1, -0.05) is 58.5 Å². The van der Waals surface area contributed by atoms with Crippen molar-refractivity contribution in [3.05, 3.63) is 79.7 Å². The second kappa shape index (κ2) is 9.29. The molecule has 0 radical (unpaired) electrons. The summed E-state index contributed by atoms with van der Waals surface area (Å²) in [7, 11) is 0. The van der Waals surface area contributed by atoms with Crippen LogP contribution in [0.25, 0.3) is 0 Å². The van der Waals surface area contributed by atoms with Crippen LogP contribution in [0, 0.1) is 0 Å². The van der Waals surface area contributed by atoms with Gasteiger partial charge in [0.25, 0.3) is 0 Å². The van der Waals surface area contributed by atoms with Crippen molar-refractivity contribution < 1.29 is 10.2 Å². The Labute approximate surface area is 186 Å². The molecule has 0 atom stereocenters. The number of nitrogens with zero attached hydrogens (tertiary/aromatic N) is 1. The normalized spacial score (nSPS) is 11.3. The fourth-order valence-electron chi connectivity index (χ4n) is 2.39. The van der Waals surface area contributed by atoms with Crippen LogP contribution in [0.3, 0.4) is 0 Å². The second-order valence-corrected chi connectivity index (χ2v) is 8.44. The van der Waals surface area contributed by atoms with Crippen LogP contribution in [-0.4, -0.2) is 16.4 Å². The number of thioether (sulfide) groups is 1. The zero-order valence-electron chi connectivity index (χ0n) is 14.2. The van der Waals surface area contributed by atoms with Crippen molar-refractivity contribution in [3.63, 3.8) is 0 Å². The Morgan fingerprint density at radius 1 is 0.857 bits per heavy atom. The Morgan fingerprint density at radius 3 is 2.25 bits per heavy atom. The van der Waals surface area contributed by atoms with Crippen LogP contribution < -0.4 is 0 Å². The number of hydrogen-bond donors (Lipinski definition) is 2. The number of phenolic OH excluding ortho intramolecular Hbond substituents is 2. The van der Waals surface area contributed by atoms with Gasteiger partial charge in [0.1, 0.15) is 11.5 Å². The molecule has 0 aliphatic heterocycles. The van der Waals surface area contributed by atoms with E-state index in [-0.39, 0.29) is 21.5 Å². The summed E-state index contributed by atoms with van der Waals surface area (Å²) in [4.78, 5) is 5.33. The lowest BCUT2D eigenvalue weighted by Crippen LogP contribution is -1.86. The van der Waals surface area contributed by atoms with Gasteiger partial charge in [-0.15, -0.1) is 11.8 Å². The van der Waals surface area contributed by atoms with Gasteiger partial charge in [0, 0.05) is 38.0 Å². The molecule has 0 heterocycles. The van der Waals surface area contributed by atoms with Gasteiger partial charge in [-0.25, -0.2) is 0 Å². The molecule has 0 aliphatic rings.